The van der Waals surface area contributed by atoms with Gasteiger partial charge in [-0.25, -0.2) is 4.98 Å². The van der Waals surface area contributed by atoms with Crippen LogP contribution in [0.25, 0.3) is 10.2 Å². The number of carbonyl (C=O) groups is 1. The average molecular weight is 452 g/mol. The van der Waals surface area contributed by atoms with Crippen LogP contribution < -0.4 is 21.3 Å². The number of aromatic nitrogens is 1. The van der Waals surface area contributed by atoms with Crippen LogP contribution >= 0.6 is 11.3 Å². The molecular weight excluding hydrogens is 422 g/mol. The number of piperazine rings is 1. The van der Waals surface area contributed by atoms with Crippen LogP contribution in [0.4, 0.5) is 11.4 Å². The van der Waals surface area contributed by atoms with E-state index in [1.165, 1.54) is 28.2 Å². The van der Waals surface area contributed by atoms with E-state index in [2.05, 4.69) is 38.7 Å². The Hall–Kier alpha value is -2.68. The molecule has 32 heavy (non-hydrogen) atoms. The van der Waals surface area contributed by atoms with Crippen LogP contribution in [0.2, 0.25) is 0 Å². The number of thiophene rings is 1. The normalized spacial score (nSPS) is 20.9. The van der Waals surface area contributed by atoms with Crippen molar-refractivity contribution < 1.29 is 9.90 Å². The second-order valence-corrected chi connectivity index (χ2v) is 9.80. The number of rotatable bonds is 4. The van der Waals surface area contributed by atoms with E-state index in [0.29, 0.717) is 10.6 Å². The molecule has 1 amide bonds. The molecular formula is C24H29N5O2S. The van der Waals surface area contributed by atoms with Crippen molar-refractivity contribution in [2.24, 2.45) is 0 Å². The maximum Gasteiger partial charge on any atom is 0.263 e. The van der Waals surface area contributed by atoms with E-state index in [-0.39, 0.29) is 24.6 Å². The highest BCUT2D eigenvalue weighted by atomic mass is 32.1. The highest BCUT2D eigenvalue weighted by Gasteiger charge is 2.25. The van der Waals surface area contributed by atoms with Crippen molar-refractivity contribution in [2.45, 2.75) is 38.3 Å². The van der Waals surface area contributed by atoms with Crippen LogP contribution in [-0.2, 0) is 12.8 Å². The number of aliphatic hydroxyl groups excluding tert-OH is 1. The summed E-state index contributed by atoms with van der Waals surface area (Å²) in [7, 11) is 0. The van der Waals surface area contributed by atoms with E-state index in [0.717, 1.165) is 54.8 Å². The zero-order valence-electron chi connectivity index (χ0n) is 18.2. The third kappa shape index (κ3) is 4.05. The molecule has 1 aliphatic carbocycles. The topological polar surface area (TPSA) is 104 Å². The molecule has 5 N–H and O–H groups in total. The molecule has 5 rings (SSSR count). The first kappa shape index (κ1) is 21.2. The molecule has 3 aromatic rings. The molecule has 1 aromatic carbocycles. The summed E-state index contributed by atoms with van der Waals surface area (Å²) in [5.74, 6) is -0.107. The van der Waals surface area contributed by atoms with Crippen molar-refractivity contribution >= 4 is 38.8 Å². The monoisotopic (exact) mass is 451 g/mol. The van der Waals surface area contributed by atoms with Crippen molar-refractivity contribution in [1.29, 1.82) is 0 Å². The summed E-state index contributed by atoms with van der Waals surface area (Å²) in [5.41, 5.74) is 11.6. The van der Waals surface area contributed by atoms with Crippen molar-refractivity contribution in [3.8, 4) is 0 Å². The summed E-state index contributed by atoms with van der Waals surface area (Å²) in [6.07, 6.45) is 2.67. The third-order valence-corrected chi connectivity index (χ3v) is 7.65. The fourth-order valence-electron chi connectivity index (χ4n) is 4.75. The Morgan fingerprint density at radius 3 is 3.06 bits per heavy atom. The molecule has 1 fully saturated rings. The molecule has 0 unspecified atom stereocenters. The lowest BCUT2D eigenvalue weighted by Gasteiger charge is -2.35. The summed E-state index contributed by atoms with van der Waals surface area (Å²) in [5, 5.41) is 16.9. The van der Waals surface area contributed by atoms with Gasteiger partial charge in [-0.2, -0.15) is 0 Å². The van der Waals surface area contributed by atoms with Gasteiger partial charge in [-0.05, 0) is 61.6 Å². The van der Waals surface area contributed by atoms with Crippen LogP contribution in [0.5, 0.6) is 0 Å². The second kappa shape index (κ2) is 8.69. The quantitative estimate of drug-likeness (QED) is 0.485. The van der Waals surface area contributed by atoms with E-state index in [4.69, 9.17) is 5.73 Å². The first-order valence-corrected chi connectivity index (χ1v) is 12.0. The maximum atomic E-state index is 13.0. The molecule has 3 heterocycles. The zero-order valence-corrected chi connectivity index (χ0v) is 19.0. The highest BCUT2D eigenvalue weighted by Crippen LogP contribution is 2.33. The Kier molecular flexibility index (Phi) is 5.75. The van der Waals surface area contributed by atoms with E-state index < -0.39 is 0 Å². The molecule has 1 saturated heterocycles. The number of hydrogen-bond acceptors (Lipinski definition) is 7. The summed E-state index contributed by atoms with van der Waals surface area (Å²) in [6.45, 7) is 4.74. The van der Waals surface area contributed by atoms with Gasteiger partial charge >= 0.3 is 0 Å². The molecule has 7 nitrogen and oxygen atoms in total. The van der Waals surface area contributed by atoms with Crippen LogP contribution in [0.1, 0.15) is 32.9 Å². The number of pyridine rings is 1. The Morgan fingerprint density at radius 1 is 1.34 bits per heavy atom. The van der Waals surface area contributed by atoms with E-state index >= 15 is 0 Å². The molecule has 8 heteroatoms. The number of nitrogen functional groups attached to an aromatic ring is 1. The minimum Gasteiger partial charge on any atom is -0.397 e. The number of fused-ring (bicyclic) bond motifs is 2. The standard InChI is InChI=1S/C24H29N5O2S/c1-14-2-7-20-21(25)22(32-24(20)27-14)23(31)28-17-5-3-16-11-19(6-4-15(16)10-17)29-9-8-26-18(12-29)13-30/h2,4,6-7,11,17-18,26,30H,3,5,8-10,12-13,25H2,1H3,(H,28,31)/t17-,18-/m0/s1. The Labute approximate surface area is 191 Å². The number of nitrogens with zero attached hydrogens (tertiary/aromatic N) is 2. The lowest BCUT2D eigenvalue weighted by Crippen LogP contribution is -2.52. The van der Waals surface area contributed by atoms with Gasteiger partial charge in [-0.1, -0.05) is 6.07 Å². The third-order valence-electron chi connectivity index (χ3n) is 6.53. The Morgan fingerprint density at radius 2 is 2.22 bits per heavy atom. The molecule has 0 bridgehead atoms. The molecule has 2 aliphatic rings. The molecule has 168 valence electrons. The smallest absolute Gasteiger partial charge is 0.263 e. The summed E-state index contributed by atoms with van der Waals surface area (Å²) in [6, 6.07) is 10.7. The average Bonchev–Trinajstić information content (AvgIpc) is 3.14. The van der Waals surface area contributed by atoms with Crippen LogP contribution in [0, 0.1) is 6.92 Å². The lowest BCUT2D eigenvalue weighted by molar-refractivity contribution is 0.0938. The predicted octanol–water partition coefficient (Wildman–Crippen LogP) is 2.24. The van der Waals surface area contributed by atoms with Crippen molar-refractivity contribution in [1.82, 2.24) is 15.6 Å². The number of carbonyl (C=O) groups excluding carboxylic acids is 1. The van der Waals surface area contributed by atoms with Gasteiger partial charge in [0, 0.05) is 48.5 Å². The number of nitrogens with two attached hydrogens (primary N) is 1. The molecule has 2 aromatic heterocycles. The number of aryl methyl sites for hydroxylation is 2. The lowest BCUT2D eigenvalue weighted by atomic mass is 9.87. The van der Waals surface area contributed by atoms with Crippen LogP contribution in [-0.4, -0.2) is 54.3 Å². The van der Waals surface area contributed by atoms with E-state index in [9.17, 15) is 9.90 Å². The van der Waals surface area contributed by atoms with Gasteiger partial charge in [0.05, 0.1) is 12.3 Å². The van der Waals surface area contributed by atoms with E-state index in [1.54, 1.807) is 0 Å². The van der Waals surface area contributed by atoms with Gasteiger partial charge < -0.3 is 26.4 Å². The molecule has 1 aliphatic heterocycles. The van der Waals surface area contributed by atoms with Gasteiger partial charge in [0.25, 0.3) is 5.91 Å². The maximum absolute atomic E-state index is 13.0. The number of nitrogens with one attached hydrogen (secondary N) is 2. The zero-order chi connectivity index (χ0) is 22.2. The number of amides is 1. The SMILES string of the molecule is Cc1ccc2c(N)c(C(=O)N[C@H]3CCc4cc(N5CCN[C@H](CO)C5)ccc4C3)sc2n1. The van der Waals surface area contributed by atoms with Crippen molar-refractivity contribution in [3.63, 3.8) is 0 Å². The molecule has 0 saturated carbocycles. The first-order valence-electron chi connectivity index (χ1n) is 11.2. The number of anilines is 2. The van der Waals surface area contributed by atoms with Crippen LogP contribution in [0.3, 0.4) is 0 Å². The summed E-state index contributed by atoms with van der Waals surface area (Å²) in [4.78, 5) is 21.2. The van der Waals surface area contributed by atoms with Crippen LogP contribution in [0.15, 0.2) is 30.3 Å². The fraction of sp³-hybridized carbons (Fsp3) is 0.417. The molecule has 2 atom stereocenters. The van der Waals surface area contributed by atoms with Gasteiger partial charge in [-0.15, -0.1) is 11.3 Å². The predicted molar refractivity (Wildman–Crippen MR) is 130 cm³/mol. The summed E-state index contributed by atoms with van der Waals surface area (Å²) < 4.78 is 0. The van der Waals surface area contributed by atoms with Gasteiger partial charge in [0.1, 0.15) is 9.71 Å². The second-order valence-electron chi connectivity index (χ2n) is 8.80. The molecule has 0 radical (unpaired) electrons. The van der Waals surface area contributed by atoms with E-state index in [1.807, 2.05) is 19.1 Å². The van der Waals surface area contributed by atoms with Crippen molar-refractivity contribution in [3.05, 3.63) is 52.0 Å². The largest absolute Gasteiger partial charge is 0.397 e. The Balaban J connectivity index is 1.28. The fourth-order valence-corrected chi connectivity index (χ4v) is 5.80. The summed E-state index contributed by atoms with van der Waals surface area (Å²) >= 11 is 1.36. The van der Waals surface area contributed by atoms with Gasteiger partial charge in [0.15, 0.2) is 0 Å². The number of hydrogen-bond donors (Lipinski definition) is 4. The number of benzene rings is 1. The van der Waals surface area contributed by atoms with Gasteiger partial charge in [0.2, 0.25) is 0 Å². The number of aliphatic hydroxyl groups is 1. The highest BCUT2D eigenvalue weighted by molar-refractivity contribution is 7.21. The first-order chi connectivity index (χ1) is 15.5. The molecule has 0 spiro atoms. The van der Waals surface area contributed by atoms with Crippen molar-refractivity contribution in [2.75, 3.05) is 36.9 Å². The Bertz CT molecular complexity index is 1160. The minimum atomic E-state index is -0.107. The minimum absolute atomic E-state index is 0.0955. The van der Waals surface area contributed by atoms with Gasteiger partial charge in [-0.3, -0.25) is 4.79 Å².